The average molecular weight is 286 g/mol. The maximum atomic E-state index is 12.4. The zero-order valence-electron chi connectivity index (χ0n) is 11.4. The Hall–Kier alpha value is -1.00. The van der Waals surface area contributed by atoms with E-state index in [1.54, 1.807) is 0 Å². The number of likely N-dealkylation sites (tertiary alicyclic amines) is 1. The van der Waals surface area contributed by atoms with E-state index >= 15 is 0 Å². The van der Waals surface area contributed by atoms with Crippen LogP contribution in [0.4, 0.5) is 0 Å². The molecule has 1 aromatic rings. The molecule has 2 heterocycles. The van der Waals surface area contributed by atoms with Crippen LogP contribution in [0.2, 0.25) is 0 Å². The van der Waals surface area contributed by atoms with E-state index in [2.05, 4.69) is 0 Å². The number of ether oxygens (including phenoxy) is 1. The Morgan fingerprint density at radius 1 is 1.47 bits per heavy atom. The summed E-state index contributed by atoms with van der Waals surface area (Å²) >= 11 is 5.60. The highest BCUT2D eigenvalue weighted by atomic mass is 35.5. The van der Waals surface area contributed by atoms with E-state index in [0.29, 0.717) is 23.8 Å². The molecule has 0 saturated carbocycles. The van der Waals surface area contributed by atoms with Crippen LogP contribution in [0.15, 0.2) is 10.5 Å². The van der Waals surface area contributed by atoms with Gasteiger partial charge in [-0.2, -0.15) is 0 Å². The molecule has 1 aromatic heterocycles. The van der Waals surface area contributed by atoms with Crippen molar-refractivity contribution < 1.29 is 13.9 Å². The number of rotatable bonds is 4. The second kappa shape index (κ2) is 6.44. The van der Waals surface area contributed by atoms with Gasteiger partial charge in [-0.05, 0) is 32.8 Å². The van der Waals surface area contributed by atoms with Crippen molar-refractivity contribution in [3.05, 3.63) is 23.2 Å². The second-order valence-corrected chi connectivity index (χ2v) is 5.26. The van der Waals surface area contributed by atoms with Crippen molar-refractivity contribution >= 4 is 17.5 Å². The van der Waals surface area contributed by atoms with E-state index < -0.39 is 0 Å². The molecule has 0 spiro atoms. The number of carbonyl (C=O) groups excluding carboxylic acids is 1. The van der Waals surface area contributed by atoms with Crippen molar-refractivity contribution in [3.8, 4) is 0 Å². The average Bonchev–Trinajstić information content (AvgIpc) is 2.75. The van der Waals surface area contributed by atoms with E-state index in [9.17, 15) is 4.79 Å². The molecular formula is C14H20ClNO3. The van der Waals surface area contributed by atoms with Gasteiger partial charge in [0, 0.05) is 19.0 Å². The van der Waals surface area contributed by atoms with Gasteiger partial charge in [0.2, 0.25) is 0 Å². The summed E-state index contributed by atoms with van der Waals surface area (Å²) in [4.78, 5) is 14.2. The monoisotopic (exact) mass is 285 g/mol. The highest BCUT2D eigenvalue weighted by Gasteiger charge is 2.26. The van der Waals surface area contributed by atoms with Crippen LogP contribution in [-0.2, 0) is 4.74 Å². The van der Waals surface area contributed by atoms with Gasteiger partial charge in [0.05, 0.1) is 18.3 Å². The summed E-state index contributed by atoms with van der Waals surface area (Å²) in [5.74, 6) is 2.06. The fourth-order valence-electron chi connectivity index (χ4n) is 2.45. The van der Waals surface area contributed by atoms with Crippen molar-refractivity contribution in [2.45, 2.75) is 32.8 Å². The number of hydrogen-bond acceptors (Lipinski definition) is 3. The highest BCUT2D eigenvalue weighted by Crippen LogP contribution is 2.20. The number of hydrogen-bond donors (Lipinski definition) is 0. The molecule has 19 heavy (non-hydrogen) atoms. The third-order valence-corrected chi connectivity index (χ3v) is 3.59. The highest BCUT2D eigenvalue weighted by molar-refractivity contribution is 6.17. The predicted octanol–water partition coefficient (Wildman–Crippen LogP) is 2.76. The zero-order valence-corrected chi connectivity index (χ0v) is 12.2. The van der Waals surface area contributed by atoms with Crippen LogP contribution in [-0.4, -0.2) is 42.5 Å². The largest absolute Gasteiger partial charge is 0.466 e. The van der Waals surface area contributed by atoms with Crippen molar-refractivity contribution in [2.24, 2.45) is 0 Å². The fraction of sp³-hybridized carbons (Fsp3) is 0.643. The first-order valence-electron chi connectivity index (χ1n) is 6.65. The van der Waals surface area contributed by atoms with Gasteiger partial charge in [0.15, 0.2) is 0 Å². The van der Waals surface area contributed by atoms with Crippen molar-refractivity contribution in [1.29, 1.82) is 0 Å². The van der Waals surface area contributed by atoms with Crippen molar-refractivity contribution in [1.82, 2.24) is 4.90 Å². The van der Waals surface area contributed by atoms with E-state index in [1.165, 1.54) is 0 Å². The van der Waals surface area contributed by atoms with E-state index in [0.717, 1.165) is 31.7 Å². The standard InChI is InChI=1S/C14H20ClNO3/c1-10-9-13(11(2)19-10)14(17)16-6-3-12(4-7-16)18-8-5-15/h9,12H,3-8H2,1-2H3. The molecule has 1 amide bonds. The summed E-state index contributed by atoms with van der Waals surface area (Å²) in [5, 5.41) is 0. The molecular weight excluding hydrogens is 266 g/mol. The smallest absolute Gasteiger partial charge is 0.257 e. The van der Waals surface area contributed by atoms with Crippen LogP contribution in [0.3, 0.4) is 0 Å². The minimum absolute atomic E-state index is 0.0603. The minimum Gasteiger partial charge on any atom is -0.466 e. The minimum atomic E-state index is 0.0603. The Labute approximate surface area is 118 Å². The molecule has 1 aliphatic rings. The van der Waals surface area contributed by atoms with Gasteiger partial charge in [-0.25, -0.2) is 0 Å². The maximum absolute atomic E-state index is 12.4. The summed E-state index contributed by atoms with van der Waals surface area (Å²) in [6.07, 6.45) is 1.98. The van der Waals surface area contributed by atoms with Gasteiger partial charge < -0.3 is 14.1 Å². The molecule has 0 radical (unpaired) electrons. The van der Waals surface area contributed by atoms with Gasteiger partial charge in [-0.1, -0.05) is 0 Å². The van der Waals surface area contributed by atoms with E-state index in [1.807, 2.05) is 24.8 Å². The molecule has 0 aromatic carbocycles. The molecule has 0 atom stereocenters. The molecule has 5 heteroatoms. The summed E-state index contributed by atoms with van der Waals surface area (Å²) in [6, 6.07) is 1.81. The van der Waals surface area contributed by atoms with Gasteiger partial charge in [0.1, 0.15) is 11.5 Å². The molecule has 106 valence electrons. The predicted molar refractivity (Wildman–Crippen MR) is 73.8 cm³/mol. The van der Waals surface area contributed by atoms with Gasteiger partial charge in [-0.3, -0.25) is 4.79 Å². The van der Waals surface area contributed by atoms with Crippen LogP contribution < -0.4 is 0 Å². The van der Waals surface area contributed by atoms with Gasteiger partial charge >= 0.3 is 0 Å². The van der Waals surface area contributed by atoms with E-state index in [4.69, 9.17) is 20.8 Å². The first-order valence-corrected chi connectivity index (χ1v) is 7.19. The molecule has 0 unspecified atom stereocenters. The lowest BCUT2D eigenvalue weighted by Gasteiger charge is -2.31. The first-order chi connectivity index (χ1) is 9.11. The molecule has 0 bridgehead atoms. The number of furan rings is 1. The normalized spacial score (nSPS) is 16.9. The van der Waals surface area contributed by atoms with Gasteiger partial charge in [-0.15, -0.1) is 11.6 Å². The number of halogens is 1. The molecule has 1 saturated heterocycles. The lowest BCUT2D eigenvalue weighted by molar-refractivity contribution is 0.0153. The number of aryl methyl sites for hydroxylation is 2. The quantitative estimate of drug-likeness (QED) is 0.799. The summed E-state index contributed by atoms with van der Waals surface area (Å²) in [6.45, 7) is 5.73. The molecule has 1 aliphatic heterocycles. The molecule has 2 rings (SSSR count). The van der Waals surface area contributed by atoms with Crippen LogP contribution >= 0.6 is 11.6 Å². The Balaban J connectivity index is 1.91. The number of alkyl halides is 1. The number of nitrogens with zero attached hydrogens (tertiary/aromatic N) is 1. The molecule has 0 aliphatic carbocycles. The maximum Gasteiger partial charge on any atom is 0.257 e. The van der Waals surface area contributed by atoms with Crippen LogP contribution in [0.1, 0.15) is 34.7 Å². The van der Waals surface area contributed by atoms with Crippen LogP contribution in [0.25, 0.3) is 0 Å². The van der Waals surface area contributed by atoms with Crippen molar-refractivity contribution in [3.63, 3.8) is 0 Å². The van der Waals surface area contributed by atoms with Gasteiger partial charge in [0.25, 0.3) is 5.91 Å². The summed E-state index contributed by atoms with van der Waals surface area (Å²) in [5.41, 5.74) is 0.678. The Morgan fingerprint density at radius 3 is 2.68 bits per heavy atom. The third-order valence-electron chi connectivity index (χ3n) is 3.43. The van der Waals surface area contributed by atoms with E-state index in [-0.39, 0.29) is 12.0 Å². The third kappa shape index (κ3) is 3.51. The lowest BCUT2D eigenvalue weighted by Crippen LogP contribution is -2.41. The number of carbonyl (C=O) groups is 1. The molecule has 4 nitrogen and oxygen atoms in total. The number of piperidine rings is 1. The molecule has 1 fully saturated rings. The SMILES string of the molecule is Cc1cc(C(=O)N2CCC(OCCCl)CC2)c(C)o1. The summed E-state index contributed by atoms with van der Waals surface area (Å²) < 4.78 is 11.0. The van der Waals surface area contributed by atoms with Crippen LogP contribution in [0, 0.1) is 13.8 Å². The van der Waals surface area contributed by atoms with Crippen LogP contribution in [0.5, 0.6) is 0 Å². The van der Waals surface area contributed by atoms with Crippen molar-refractivity contribution in [2.75, 3.05) is 25.6 Å². The molecule has 0 N–H and O–H groups in total. The topological polar surface area (TPSA) is 42.7 Å². The Kier molecular flexibility index (Phi) is 4.88. The second-order valence-electron chi connectivity index (χ2n) is 4.88. The number of amides is 1. The lowest BCUT2D eigenvalue weighted by atomic mass is 10.1. The first kappa shape index (κ1) is 14.4. The summed E-state index contributed by atoms with van der Waals surface area (Å²) in [7, 11) is 0. The zero-order chi connectivity index (χ0) is 13.8. The fourth-order valence-corrected chi connectivity index (χ4v) is 2.54. The Bertz CT molecular complexity index is 436. The Morgan fingerprint density at radius 2 is 2.16 bits per heavy atom.